The number of nitrogens with one attached hydrogen (secondary N) is 1. The Morgan fingerprint density at radius 3 is 2.91 bits per heavy atom. The highest BCUT2D eigenvalue weighted by atomic mass is 16.6. The number of pyridine rings is 1. The Hall–Kier alpha value is -2.31. The molecule has 0 aliphatic carbocycles. The van der Waals surface area contributed by atoms with E-state index in [0.29, 0.717) is 32.2 Å². The Morgan fingerprint density at radius 1 is 1.52 bits per heavy atom. The van der Waals surface area contributed by atoms with E-state index in [0.717, 1.165) is 24.1 Å². The number of hydrogen-bond donors (Lipinski definition) is 2. The molecule has 1 aromatic heterocycles. The molecule has 0 bridgehead atoms. The molecular formula is C16H25N5O2. The number of nitrogens with zero attached hydrogens (tertiary/aromatic N) is 3. The zero-order valence-electron chi connectivity index (χ0n) is 13.8. The van der Waals surface area contributed by atoms with Gasteiger partial charge >= 0.3 is 6.09 Å². The highest BCUT2D eigenvalue weighted by molar-refractivity contribution is 5.78. The highest BCUT2D eigenvalue weighted by Gasteiger charge is 2.23. The van der Waals surface area contributed by atoms with Gasteiger partial charge in [-0.1, -0.05) is 6.07 Å². The number of aromatic nitrogens is 1. The van der Waals surface area contributed by atoms with Crippen molar-refractivity contribution >= 4 is 12.1 Å². The third-order valence-corrected chi connectivity index (χ3v) is 3.89. The van der Waals surface area contributed by atoms with Crippen molar-refractivity contribution in [2.75, 3.05) is 19.7 Å². The zero-order valence-corrected chi connectivity index (χ0v) is 13.8. The summed E-state index contributed by atoms with van der Waals surface area (Å²) in [5, 5.41) is 3.22. The van der Waals surface area contributed by atoms with Crippen molar-refractivity contribution in [3.63, 3.8) is 0 Å². The van der Waals surface area contributed by atoms with Crippen molar-refractivity contribution < 1.29 is 9.53 Å². The minimum Gasteiger partial charge on any atom is -0.450 e. The number of aryl methyl sites for hydroxylation is 1. The summed E-state index contributed by atoms with van der Waals surface area (Å²) >= 11 is 0. The van der Waals surface area contributed by atoms with E-state index in [1.807, 2.05) is 26.0 Å². The van der Waals surface area contributed by atoms with E-state index < -0.39 is 0 Å². The predicted octanol–water partition coefficient (Wildman–Crippen LogP) is 1.42. The fourth-order valence-corrected chi connectivity index (χ4v) is 2.52. The Balaban J connectivity index is 1.78. The molecule has 0 atom stereocenters. The molecule has 3 N–H and O–H groups in total. The van der Waals surface area contributed by atoms with E-state index in [2.05, 4.69) is 15.3 Å². The van der Waals surface area contributed by atoms with Gasteiger partial charge in [-0.25, -0.2) is 9.79 Å². The van der Waals surface area contributed by atoms with Crippen molar-refractivity contribution in [2.24, 2.45) is 10.7 Å². The van der Waals surface area contributed by atoms with Crippen LogP contribution in [0.25, 0.3) is 0 Å². The van der Waals surface area contributed by atoms with Crippen molar-refractivity contribution in [2.45, 2.75) is 39.3 Å². The predicted molar refractivity (Wildman–Crippen MR) is 89.1 cm³/mol. The lowest BCUT2D eigenvalue weighted by Crippen LogP contribution is -2.48. The molecule has 2 rings (SSSR count). The number of piperidine rings is 1. The maximum Gasteiger partial charge on any atom is 0.409 e. The Labute approximate surface area is 136 Å². The van der Waals surface area contributed by atoms with Gasteiger partial charge < -0.3 is 20.7 Å². The van der Waals surface area contributed by atoms with Crippen LogP contribution in [0.5, 0.6) is 0 Å². The zero-order chi connectivity index (χ0) is 16.7. The van der Waals surface area contributed by atoms with Crippen LogP contribution in [0.1, 0.15) is 31.0 Å². The summed E-state index contributed by atoms with van der Waals surface area (Å²) < 4.78 is 5.01. The van der Waals surface area contributed by atoms with Crippen LogP contribution in [0.2, 0.25) is 0 Å². The standard InChI is InChI=1S/C16H25N5O2/c1-3-23-16(22)21-9-6-13(7-10-21)20-15(17)19-11-14-12(2)5-4-8-18-14/h4-5,8,13H,3,6-7,9-11H2,1-2H3,(H3,17,19,20). The molecule has 1 aliphatic heterocycles. The van der Waals surface area contributed by atoms with Crippen LogP contribution < -0.4 is 11.1 Å². The highest BCUT2D eigenvalue weighted by Crippen LogP contribution is 2.11. The molecule has 23 heavy (non-hydrogen) atoms. The first-order valence-corrected chi connectivity index (χ1v) is 7.98. The number of aliphatic imine (C=N–C) groups is 1. The monoisotopic (exact) mass is 319 g/mol. The maximum atomic E-state index is 11.6. The number of guanidine groups is 1. The summed E-state index contributed by atoms with van der Waals surface area (Å²) in [5.74, 6) is 0.421. The first-order valence-electron chi connectivity index (χ1n) is 7.98. The molecule has 7 nitrogen and oxygen atoms in total. The third-order valence-electron chi connectivity index (χ3n) is 3.89. The summed E-state index contributed by atoms with van der Waals surface area (Å²) in [4.78, 5) is 22.0. The normalized spacial score (nSPS) is 16.3. The van der Waals surface area contributed by atoms with Crippen LogP contribution in [0.4, 0.5) is 4.79 Å². The molecular weight excluding hydrogens is 294 g/mol. The third kappa shape index (κ3) is 5.12. The van der Waals surface area contributed by atoms with Gasteiger partial charge in [0.25, 0.3) is 0 Å². The molecule has 1 saturated heterocycles. The fourth-order valence-electron chi connectivity index (χ4n) is 2.52. The van der Waals surface area contributed by atoms with Gasteiger partial charge in [0.1, 0.15) is 0 Å². The van der Waals surface area contributed by atoms with E-state index >= 15 is 0 Å². The molecule has 2 heterocycles. The summed E-state index contributed by atoms with van der Waals surface area (Å²) in [6, 6.07) is 4.14. The summed E-state index contributed by atoms with van der Waals surface area (Å²) in [5.41, 5.74) is 7.98. The molecule has 1 amide bonds. The van der Waals surface area contributed by atoms with Gasteiger partial charge in [0, 0.05) is 25.3 Å². The number of ether oxygens (including phenoxy) is 1. The van der Waals surface area contributed by atoms with Gasteiger partial charge in [-0.15, -0.1) is 0 Å². The summed E-state index contributed by atoms with van der Waals surface area (Å²) in [6.07, 6.45) is 3.18. The van der Waals surface area contributed by atoms with Gasteiger partial charge in [-0.3, -0.25) is 4.98 Å². The number of carbonyl (C=O) groups excluding carboxylic acids is 1. The van der Waals surface area contributed by atoms with Crippen LogP contribution in [0.15, 0.2) is 23.3 Å². The number of nitrogens with two attached hydrogens (primary N) is 1. The Bertz CT molecular complexity index is 553. The second-order valence-corrected chi connectivity index (χ2v) is 5.57. The first-order chi connectivity index (χ1) is 11.1. The average molecular weight is 319 g/mol. The van der Waals surface area contributed by atoms with Gasteiger partial charge in [-0.05, 0) is 38.3 Å². The van der Waals surface area contributed by atoms with Crippen molar-refractivity contribution in [3.05, 3.63) is 29.6 Å². The molecule has 1 fully saturated rings. The molecule has 1 aromatic rings. The molecule has 7 heteroatoms. The van der Waals surface area contributed by atoms with Crippen molar-refractivity contribution in [1.29, 1.82) is 0 Å². The quantitative estimate of drug-likeness (QED) is 0.646. The number of carbonyl (C=O) groups is 1. The van der Waals surface area contributed by atoms with E-state index in [-0.39, 0.29) is 12.1 Å². The summed E-state index contributed by atoms with van der Waals surface area (Å²) in [7, 11) is 0. The lowest BCUT2D eigenvalue weighted by Gasteiger charge is -2.31. The average Bonchev–Trinajstić information content (AvgIpc) is 2.55. The van der Waals surface area contributed by atoms with Crippen LogP contribution in [-0.4, -0.2) is 47.7 Å². The van der Waals surface area contributed by atoms with Crippen LogP contribution >= 0.6 is 0 Å². The molecule has 0 aromatic carbocycles. The number of likely N-dealkylation sites (tertiary alicyclic amines) is 1. The van der Waals surface area contributed by atoms with Crippen LogP contribution in [0, 0.1) is 6.92 Å². The summed E-state index contributed by atoms with van der Waals surface area (Å²) in [6.45, 7) is 6.03. The van der Waals surface area contributed by atoms with Crippen molar-refractivity contribution in [1.82, 2.24) is 15.2 Å². The lowest BCUT2D eigenvalue weighted by molar-refractivity contribution is 0.0963. The molecule has 0 radical (unpaired) electrons. The Morgan fingerprint density at radius 2 is 2.26 bits per heavy atom. The largest absolute Gasteiger partial charge is 0.450 e. The minimum absolute atomic E-state index is 0.231. The number of hydrogen-bond acceptors (Lipinski definition) is 4. The van der Waals surface area contributed by atoms with Crippen molar-refractivity contribution in [3.8, 4) is 0 Å². The van der Waals surface area contributed by atoms with E-state index in [4.69, 9.17) is 10.5 Å². The van der Waals surface area contributed by atoms with E-state index in [9.17, 15) is 4.79 Å². The molecule has 0 saturated carbocycles. The van der Waals surface area contributed by atoms with Crippen LogP contribution in [0.3, 0.4) is 0 Å². The molecule has 0 spiro atoms. The topological polar surface area (TPSA) is 92.8 Å². The lowest BCUT2D eigenvalue weighted by atomic mass is 10.1. The van der Waals surface area contributed by atoms with Gasteiger partial charge in [-0.2, -0.15) is 0 Å². The molecule has 1 aliphatic rings. The van der Waals surface area contributed by atoms with Gasteiger partial charge in [0.2, 0.25) is 0 Å². The smallest absolute Gasteiger partial charge is 0.409 e. The minimum atomic E-state index is -0.238. The number of rotatable bonds is 4. The van der Waals surface area contributed by atoms with E-state index in [1.54, 1.807) is 11.1 Å². The van der Waals surface area contributed by atoms with Gasteiger partial charge in [0.15, 0.2) is 5.96 Å². The molecule has 0 unspecified atom stereocenters. The fraction of sp³-hybridized carbons (Fsp3) is 0.562. The number of amides is 1. The van der Waals surface area contributed by atoms with E-state index in [1.165, 1.54) is 0 Å². The second-order valence-electron chi connectivity index (χ2n) is 5.57. The van der Waals surface area contributed by atoms with Gasteiger partial charge in [0.05, 0.1) is 18.8 Å². The first kappa shape index (κ1) is 17.1. The van der Waals surface area contributed by atoms with Crippen LogP contribution in [-0.2, 0) is 11.3 Å². The maximum absolute atomic E-state index is 11.6. The Kier molecular flexibility index (Phi) is 6.19. The SMILES string of the molecule is CCOC(=O)N1CCC(NC(N)=NCc2ncccc2C)CC1. The second kappa shape index (κ2) is 8.36. The molecule has 126 valence electrons.